The van der Waals surface area contributed by atoms with Crippen molar-refractivity contribution >= 4 is 22.2 Å². The van der Waals surface area contributed by atoms with Crippen LogP contribution in [0, 0.1) is 17.2 Å². The summed E-state index contributed by atoms with van der Waals surface area (Å²) >= 11 is 1.13. The molecule has 1 aromatic rings. The number of rotatable bonds is 1. The fourth-order valence-corrected chi connectivity index (χ4v) is 3.79. The van der Waals surface area contributed by atoms with E-state index in [2.05, 4.69) is 6.92 Å². The first-order valence-electron chi connectivity index (χ1n) is 6.15. The Balaban J connectivity index is 2.43. The molecule has 20 heavy (non-hydrogen) atoms. The molecule has 0 bridgehead atoms. The standard InChI is InChI=1S/C13H13F3N2OS/c1-7-3-4-8-9(6-17)11(20-10(8)5-7)18(2)12(19)13(14,15)16/h7H,3-5H2,1-2H3/t7-/m1/s1. The van der Waals surface area contributed by atoms with Gasteiger partial charge < -0.3 is 0 Å². The van der Waals surface area contributed by atoms with Gasteiger partial charge in [0.05, 0.1) is 5.56 Å². The van der Waals surface area contributed by atoms with Crippen molar-refractivity contribution in [3.63, 3.8) is 0 Å². The predicted molar refractivity (Wildman–Crippen MR) is 69.7 cm³/mol. The first-order chi connectivity index (χ1) is 9.25. The van der Waals surface area contributed by atoms with Crippen LogP contribution in [0.25, 0.3) is 0 Å². The van der Waals surface area contributed by atoms with E-state index in [0.29, 0.717) is 17.2 Å². The maximum atomic E-state index is 12.5. The maximum Gasteiger partial charge on any atom is 0.471 e. The monoisotopic (exact) mass is 302 g/mol. The van der Waals surface area contributed by atoms with E-state index in [9.17, 15) is 23.2 Å². The Kier molecular flexibility index (Phi) is 3.78. The number of hydrogen-bond acceptors (Lipinski definition) is 3. The van der Waals surface area contributed by atoms with E-state index in [0.717, 1.165) is 41.7 Å². The second kappa shape index (κ2) is 5.09. The van der Waals surface area contributed by atoms with Crippen LogP contribution in [-0.4, -0.2) is 19.1 Å². The molecular formula is C13H13F3N2OS. The third-order valence-electron chi connectivity index (χ3n) is 3.46. The normalized spacial score (nSPS) is 18.3. The lowest BCUT2D eigenvalue weighted by atomic mass is 9.88. The maximum absolute atomic E-state index is 12.5. The number of carbonyl (C=O) groups is 1. The van der Waals surface area contributed by atoms with Crippen LogP contribution >= 0.6 is 11.3 Å². The highest BCUT2D eigenvalue weighted by Gasteiger charge is 2.43. The van der Waals surface area contributed by atoms with Crippen molar-refractivity contribution in [1.82, 2.24) is 0 Å². The van der Waals surface area contributed by atoms with Crippen LogP contribution in [0.3, 0.4) is 0 Å². The van der Waals surface area contributed by atoms with Crippen molar-refractivity contribution in [2.45, 2.75) is 32.4 Å². The Morgan fingerprint density at radius 2 is 2.15 bits per heavy atom. The van der Waals surface area contributed by atoms with Crippen molar-refractivity contribution in [1.29, 1.82) is 5.26 Å². The molecule has 0 N–H and O–H groups in total. The van der Waals surface area contributed by atoms with E-state index in [1.54, 1.807) is 0 Å². The largest absolute Gasteiger partial charge is 0.471 e. The Hall–Kier alpha value is -1.55. The van der Waals surface area contributed by atoms with Crippen molar-refractivity contribution in [2.75, 3.05) is 11.9 Å². The minimum absolute atomic E-state index is 0.105. The number of nitrogens with zero attached hydrogens (tertiary/aromatic N) is 2. The van der Waals surface area contributed by atoms with Crippen LogP contribution < -0.4 is 4.90 Å². The molecule has 108 valence electrons. The van der Waals surface area contributed by atoms with Gasteiger partial charge >= 0.3 is 12.1 Å². The van der Waals surface area contributed by atoms with Gasteiger partial charge in [0.15, 0.2) is 0 Å². The summed E-state index contributed by atoms with van der Waals surface area (Å²) in [7, 11) is 1.07. The van der Waals surface area contributed by atoms with Crippen molar-refractivity contribution in [3.8, 4) is 6.07 Å². The third kappa shape index (κ3) is 2.52. The summed E-state index contributed by atoms with van der Waals surface area (Å²) in [6, 6.07) is 1.95. The topological polar surface area (TPSA) is 44.1 Å². The van der Waals surface area contributed by atoms with Crippen LogP contribution in [0.5, 0.6) is 0 Å². The Morgan fingerprint density at radius 3 is 2.70 bits per heavy atom. The number of thiophene rings is 1. The molecule has 7 heteroatoms. The van der Waals surface area contributed by atoms with E-state index in [-0.39, 0.29) is 10.6 Å². The van der Waals surface area contributed by atoms with Gasteiger partial charge in [-0.25, -0.2) is 0 Å². The van der Waals surface area contributed by atoms with E-state index in [1.165, 1.54) is 0 Å². The number of nitriles is 1. The lowest BCUT2D eigenvalue weighted by molar-refractivity contribution is -0.170. The Labute approximate surface area is 118 Å². The number of halogens is 3. The zero-order valence-electron chi connectivity index (χ0n) is 11.0. The summed E-state index contributed by atoms with van der Waals surface area (Å²) in [5.74, 6) is -1.50. The van der Waals surface area contributed by atoms with Gasteiger partial charge in [-0.2, -0.15) is 18.4 Å². The molecule has 0 saturated heterocycles. The van der Waals surface area contributed by atoms with Gasteiger partial charge in [0.25, 0.3) is 0 Å². The van der Waals surface area contributed by atoms with Gasteiger partial charge in [-0.05, 0) is 30.7 Å². The Bertz CT molecular complexity index is 586. The second-order valence-corrected chi connectivity index (χ2v) is 6.09. The minimum Gasteiger partial charge on any atom is -0.298 e. The molecule has 1 aliphatic rings. The van der Waals surface area contributed by atoms with E-state index in [1.807, 2.05) is 6.07 Å². The number of alkyl halides is 3. The summed E-state index contributed by atoms with van der Waals surface area (Å²) in [6.07, 6.45) is -2.58. The smallest absolute Gasteiger partial charge is 0.298 e. The summed E-state index contributed by atoms with van der Waals surface area (Å²) in [6.45, 7) is 2.07. The zero-order chi connectivity index (χ0) is 15.1. The molecule has 0 fully saturated rings. The average molecular weight is 302 g/mol. The molecule has 1 atom stereocenters. The summed E-state index contributed by atoms with van der Waals surface area (Å²) in [5.41, 5.74) is 1.03. The SMILES string of the molecule is C[C@@H]1CCc2c(sc(N(C)C(=O)C(F)(F)F)c2C#N)C1. The second-order valence-electron chi connectivity index (χ2n) is 5.01. The fraction of sp³-hybridized carbons (Fsp3) is 0.538. The average Bonchev–Trinajstić information content (AvgIpc) is 2.73. The summed E-state index contributed by atoms with van der Waals surface area (Å²) in [5, 5.41) is 9.31. The number of amides is 1. The van der Waals surface area contributed by atoms with Crippen molar-refractivity contribution in [2.24, 2.45) is 5.92 Å². The first kappa shape index (κ1) is 14.9. The zero-order valence-corrected chi connectivity index (χ0v) is 11.9. The summed E-state index contributed by atoms with van der Waals surface area (Å²) in [4.78, 5) is 12.8. The van der Waals surface area contributed by atoms with Crippen LogP contribution in [0.4, 0.5) is 18.2 Å². The molecule has 2 rings (SSSR count). The molecule has 1 heterocycles. The molecule has 1 amide bonds. The van der Waals surface area contributed by atoms with Gasteiger partial charge in [-0.3, -0.25) is 9.69 Å². The third-order valence-corrected chi connectivity index (χ3v) is 4.79. The lowest BCUT2D eigenvalue weighted by Crippen LogP contribution is -2.38. The number of fused-ring (bicyclic) bond motifs is 1. The minimum atomic E-state index is -4.93. The van der Waals surface area contributed by atoms with E-state index in [4.69, 9.17) is 0 Å². The van der Waals surface area contributed by atoms with Gasteiger partial charge in [-0.1, -0.05) is 6.92 Å². The van der Waals surface area contributed by atoms with Gasteiger partial charge in [0.2, 0.25) is 0 Å². The Morgan fingerprint density at radius 1 is 1.50 bits per heavy atom. The molecule has 1 aromatic heterocycles. The lowest BCUT2D eigenvalue weighted by Gasteiger charge is -2.17. The van der Waals surface area contributed by atoms with Gasteiger partial charge in [0.1, 0.15) is 11.1 Å². The number of hydrogen-bond donors (Lipinski definition) is 0. The highest BCUT2D eigenvalue weighted by molar-refractivity contribution is 7.16. The van der Waals surface area contributed by atoms with Crippen LogP contribution in [-0.2, 0) is 17.6 Å². The molecule has 0 aromatic carbocycles. The van der Waals surface area contributed by atoms with Crippen LogP contribution in [0.2, 0.25) is 0 Å². The molecule has 0 unspecified atom stereocenters. The van der Waals surface area contributed by atoms with E-state index >= 15 is 0 Å². The number of anilines is 1. The molecule has 0 saturated carbocycles. The molecule has 0 spiro atoms. The molecular weight excluding hydrogens is 289 g/mol. The van der Waals surface area contributed by atoms with Crippen LogP contribution in [0.15, 0.2) is 0 Å². The van der Waals surface area contributed by atoms with Gasteiger partial charge in [0, 0.05) is 11.9 Å². The first-order valence-corrected chi connectivity index (χ1v) is 6.96. The molecule has 3 nitrogen and oxygen atoms in total. The summed E-state index contributed by atoms with van der Waals surface area (Å²) < 4.78 is 37.5. The molecule has 0 radical (unpaired) electrons. The molecule has 0 aliphatic heterocycles. The highest BCUT2D eigenvalue weighted by atomic mass is 32.1. The predicted octanol–water partition coefficient (Wildman–Crippen LogP) is 3.27. The van der Waals surface area contributed by atoms with Crippen molar-refractivity contribution < 1.29 is 18.0 Å². The van der Waals surface area contributed by atoms with Crippen LogP contribution in [0.1, 0.15) is 29.3 Å². The highest BCUT2D eigenvalue weighted by Crippen LogP contribution is 2.41. The fourth-order valence-electron chi connectivity index (χ4n) is 2.37. The van der Waals surface area contributed by atoms with Gasteiger partial charge in [-0.15, -0.1) is 11.3 Å². The number of carbonyl (C=O) groups excluding carboxylic acids is 1. The quantitative estimate of drug-likeness (QED) is 0.799. The van der Waals surface area contributed by atoms with Crippen molar-refractivity contribution in [3.05, 3.63) is 16.0 Å². The van der Waals surface area contributed by atoms with E-state index < -0.39 is 12.1 Å². The molecule has 1 aliphatic carbocycles.